The molecule has 2 aliphatic carbocycles. The van der Waals surface area contributed by atoms with E-state index in [9.17, 15) is 13.8 Å². The standard InChI is InChI=1S/C39H48ClN5O5S/c1-26-20-31(44(2)41-26)13-17-37(46)42-51(48)19-6-4-5-9-35(49-3)32-14-10-29(32)23-45-24-39(18-7-8-27-21-30(40)12-15-33(27)39)25-50-36-16-11-28(22-34(36)45)38(47)43-51/h5,9,11-12,15-16,20-22,29,32,35H,4,6-8,10,13-14,17-19,23-25H2,1-3H3,(H,42,43,46,47,48)/b9-5+/t29-,32+,35-,39-,51?/m0/s1. The first-order valence-electron chi connectivity index (χ1n) is 18.1. The molecule has 1 fully saturated rings. The van der Waals surface area contributed by atoms with Crippen molar-refractivity contribution < 1.29 is 23.3 Å². The zero-order valence-corrected chi connectivity index (χ0v) is 31.3. The van der Waals surface area contributed by atoms with Crippen molar-refractivity contribution >= 4 is 39.0 Å². The molecule has 1 spiro atoms. The number of carbonyl (C=O) groups is 2. The van der Waals surface area contributed by atoms with Crippen LogP contribution in [0.5, 0.6) is 5.75 Å². The lowest BCUT2D eigenvalue weighted by Crippen LogP contribution is -2.49. The average Bonchev–Trinajstić information content (AvgIpc) is 3.33. The van der Waals surface area contributed by atoms with Crippen molar-refractivity contribution in [1.82, 2.24) is 14.5 Å². The highest BCUT2D eigenvalue weighted by molar-refractivity contribution is 7.92. The summed E-state index contributed by atoms with van der Waals surface area (Å²) in [4.78, 5) is 29.5. The highest BCUT2D eigenvalue weighted by Gasteiger charge is 2.44. The summed E-state index contributed by atoms with van der Waals surface area (Å²) in [6.07, 6.45) is 11.0. The molecule has 272 valence electrons. The monoisotopic (exact) mass is 733 g/mol. The maximum atomic E-state index is 14.3. The van der Waals surface area contributed by atoms with Crippen LogP contribution in [0.4, 0.5) is 5.69 Å². The number of amides is 2. The van der Waals surface area contributed by atoms with Gasteiger partial charge in [-0.3, -0.25) is 19.0 Å². The summed E-state index contributed by atoms with van der Waals surface area (Å²) in [6.45, 7) is 3.92. The van der Waals surface area contributed by atoms with Gasteiger partial charge in [-0.25, -0.2) is 4.21 Å². The summed E-state index contributed by atoms with van der Waals surface area (Å²) < 4.78 is 35.6. The zero-order chi connectivity index (χ0) is 35.8. The Hall–Kier alpha value is -3.67. The van der Waals surface area contributed by atoms with E-state index in [1.54, 1.807) is 17.9 Å². The Morgan fingerprint density at radius 2 is 2.04 bits per heavy atom. The van der Waals surface area contributed by atoms with E-state index in [4.69, 9.17) is 21.1 Å². The first kappa shape index (κ1) is 35.7. The van der Waals surface area contributed by atoms with Crippen molar-refractivity contribution in [3.63, 3.8) is 0 Å². The van der Waals surface area contributed by atoms with Crippen LogP contribution in [0.1, 0.15) is 77.8 Å². The number of benzene rings is 2. The lowest BCUT2D eigenvalue weighted by atomic mass is 9.68. The van der Waals surface area contributed by atoms with Crippen LogP contribution in [0.2, 0.25) is 5.02 Å². The van der Waals surface area contributed by atoms with Crippen LogP contribution in [-0.4, -0.2) is 64.5 Å². The molecule has 1 saturated carbocycles. The maximum absolute atomic E-state index is 14.3. The van der Waals surface area contributed by atoms with Gasteiger partial charge in [-0.1, -0.05) is 29.8 Å². The number of aromatic nitrogens is 2. The van der Waals surface area contributed by atoms with Crippen molar-refractivity contribution in [1.29, 1.82) is 0 Å². The van der Waals surface area contributed by atoms with Crippen LogP contribution in [0, 0.1) is 18.8 Å². The van der Waals surface area contributed by atoms with Crippen molar-refractivity contribution in [2.75, 3.05) is 37.5 Å². The van der Waals surface area contributed by atoms with Crippen molar-refractivity contribution in [3.8, 4) is 5.75 Å². The lowest BCUT2D eigenvalue weighted by molar-refractivity contribution is -0.119. The van der Waals surface area contributed by atoms with E-state index < -0.39 is 21.7 Å². The number of nitrogens with one attached hydrogen (secondary N) is 1. The van der Waals surface area contributed by atoms with E-state index in [1.807, 2.05) is 38.2 Å². The molecule has 12 heteroatoms. The molecule has 1 N–H and O–H groups in total. The van der Waals surface area contributed by atoms with Crippen LogP contribution < -0.4 is 14.4 Å². The minimum Gasteiger partial charge on any atom is -0.490 e. The molecule has 7 rings (SSSR count). The Kier molecular flexibility index (Phi) is 10.3. The first-order chi connectivity index (χ1) is 24.5. The molecule has 2 bridgehead atoms. The predicted molar refractivity (Wildman–Crippen MR) is 200 cm³/mol. The molecule has 5 atom stereocenters. The first-order valence-corrected chi connectivity index (χ1v) is 20.2. The minimum absolute atomic E-state index is 0.0387. The van der Waals surface area contributed by atoms with Crippen LogP contribution in [0.15, 0.2) is 59.0 Å². The number of rotatable bonds is 5. The molecule has 2 aliphatic heterocycles. The van der Waals surface area contributed by atoms with Crippen molar-refractivity contribution in [2.45, 2.75) is 76.2 Å². The number of anilines is 1. The number of halogens is 1. The molecule has 3 heterocycles. The fraction of sp³-hybridized carbons (Fsp3) is 0.513. The Bertz CT molecular complexity index is 1970. The number of ether oxygens (including phenoxy) is 2. The molecule has 2 aromatic carbocycles. The summed E-state index contributed by atoms with van der Waals surface area (Å²) in [5.41, 5.74) is 5.20. The molecular weight excluding hydrogens is 686 g/mol. The van der Waals surface area contributed by atoms with Crippen LogP contribution in [-0.2, 0) is 44.8 Å². The van der Waals surface area contributed by atoms with Gasteiger partial charge >= 0.3 is 0 Å². The maximum Gasteiger partial charge on any atom is 0.286 e. The van der Waals surface area contributed by atoms with Crippen LogP contribution in [0.3, 0.4) is 0 Å². The fourth-order valence-electron chi connectivity index (χ4n) is 8.48. The van der Waals surface area contributed by atoms with Gasteiger partial charge in [0.25, 0.3) is 5.91 Å². The van der Waals surface area contributed by atoms with Crippen LogP contribution >= 0.6 is 11.6 Å². The molecule has 1 aromatic heterocycles. The lowest BCUT2D eigenvalue weighted by Gasteiger charge is -2.46. The number of carbonyl (C=O) groups excluding carboxylic acids is 2. The number of hydrogen-bond donors (Lipinski definition) is 1. The Labute approximate surface area is 306 Å². The summed E-state index contributed by atoms with van der Waals surface area (Å²) in [5.74, 6) is 0.477. The molecule has 10 nitrogen and oxygen atoms in total. The number of methoxy groups -OCH3 is 1. The van der Waals surface area contributed by atoms with Gasteiger partial charge in [0.2, 0.25) is 5.91 Å². The molecule has 0 radical (unpaired) electrons. The van der Waals surface area contributed by atoms with Gasteiger partial charge in [0.15, 0.2) is 0 Å². The summed E-state index contributed by atoms with van der Waals surface area (Å²) in [6, 6.07) is 13.5. The third-order valence-corrected chi connectivity index (χ3v) is 13.3. The Balaban J connectivity index is 1.23. The largest absolute Gasteiger partial charge is 0.490 e. The third-order valence-electron chi connectivity index (χ3n) is 11.2. The van der Waals surface area contributed by atoms with E-state index in [1.165, 1.54) is 11.1 Å². The smallest absolute Gasteiger partial charge is 0.286 e. The highest BCUT2D eigenvalue weighted by Crippen LogP contribution is 2.47. The third kappa shape index (κ3) is 7.62. The molecule has 4 aliphatic rings. The number of allylic oxidation sites excluding steroid dienone is 1. The Morgan fingerprint density at radius 3 is 2.80 bits per heavy atom. The van der Waals surface area contributed by atoms with Crippen molar-refractivity contribution in [3.05, 3.63) is 87.7 Å². The second-order valence-electron chi connectivity index (χ2n) is 14.7. The van der Waals surface area contributed by atoms with Gasteiger partial charge in [0.1, 0.15) is 15.7 Å². The SMILES string of the molecule is CO[C@H]1/C=C/CCCS(=O)(NC(=O)CCc2cc(C)nn2C)=NC(=O)c2ccc3c(c2)N(C[C@@H]2CC[C@H]21)C[C@@]1(CCCc2cc(Cl)ccc21)CO3. The number of nitrogens with zero attached hydrogens (tertiary/aromatic N) is 4. The van der Waals surface area contributed by atoms with Gasteiger partial charge < -0.3 is 14.4 Å². The second kappa shape index (κ2) is 14.8. The van der Waals surface area contributed by atoms with Gasteiger partial charge in [-0.15, -0.1) is 4.36 Å². The molecule has 3 aromatic rings. The van der Waals surface area contributed by atoms with E-state index in [0.717, 1.165) is 67.3 Å². The summed E-state index contributed by atoms with van der Waals surface area (Å²) in [7, 11) is 0.180. The fourth-order valence-corrected chi connectivity index (χ4v) is 10.3. The number of hydrogen-bond acceptors (Lipinski definition) is 7. The molecule has 2 amide bonds. The zero-order valence-electron chi connectivity index (χ0n) is 29.7. The number of aryl methyl sites for hydroxylation is 4. The molecular formula is C39H48ClN5O5S. The molecule has 0 saturated heterocycles. The predicted octanol–water partition coefficient (Wildman–Crippen LogP) is 6.52. The van der Waals surface area contributed by atoms with Crippen molar-refractivity contribution in [2.24, 2.45) is 23.2 Å². The van der Waals surface area contributed by atoms with E-state index in [-0.39, 0.29) is 23.7 Å². The quantitative estimate of drug-likeness (QED) is 0.297. The molecule has 51 heavy (non-hydrogen) atoms. The molecule has 1 unspecified atom stereocenters. The van der Waals surface area contributed by atoms with Gasteiger partial charge in [0.05, 0.1) is 29.8 Å². The highest BCUT2D eigenvalue weighted by atomic mass is 35.5. The summed E-state index contributed by atoms with van der Waals surface area (Å²) in [5, 5.41) is 5.09. The van der Waals surface area contributed by atoms with E-state index in [0.29, 0.717) is 49.0 Å². The topological polar surface area (TPSA) is 115 Å². The van der Waals surface area contributed by atoms with Crippen LogP contribution in [0.25, 0.3) is 0 Å². The minimum atomic E-state index is -3.42. The van der Waals surface area contributed by atoms with Gasteiger partial charge in [-0.2, -0.15) is 5.10 Å². The summed E-state index contributed by atoms with van der Waals surface area (Å²) >= 11 is 6.45. The van der Waals surface area contributed by atoms with E-state index >= 15 is 0 Å². The van der Waals surface area contributed by atoms with Gasteiger partial charge in [0, 0.05) is 55.4 Å². The number of fused-ring (bicyclic) bond motifs is 4. The van der Waals surface area contributed by atoms with E-state index in [2.05, 4.69) is 43.4 Å². The second-order valence-corrected chi connectivity index (χ2v) is 17.2. The normalized spacial score (nSPS) is 28.4. The average molecular weight is 734 g/mol. The van der Waals surface area contributed by atoms with Gasteiger partial charge in [-0.05, 0) is 118 Å². The Morgan fingerprint density at radius 1 is 1.18 bits per heavy atom.